The van der Waals surface area contributed by atoms with Gasteiger partial charge in [0.05, 0.1) is 10.6 Å². The first-order valence-corrected chi connectivity index (χ1v) is 12.8. The van der Waals surface area contributed by atoms with Crippen molar-refractivity contribution in [2.75, 3.05) is 11.9 Å². The fourth-order valence-electron chi connectivity index (χ4n) is 4.21. The average Bonchev–Trinajstić information content (AvgIpc) is 2.84. The van der Waals surface area contributed by atoms with E-state index in [0.29, 0.717) is 12.2 Å². The molecular weight excluding hydrogens is 452 g/mol. The van der Waals surface area contributed by atoms with E-state index in [0.717, 1.165) is 36.9 Å². The summed E-state index contributed by atoms with van der Waals surface area (Å²) in [7, 11) is -3.61. The quantitative estimate of drug-likeness (QED) is 0.579. The zero-order valence-electron chi connectivity index (χ0n) is 19.3. The van der Waals surface area contributed by atoms with Gasteiger partial charge in [-0.1, -0.05) is 25.5 Å². The number of sulfonamides is 1. The van der Waals surface area contributed by atoms with Gasteiger partial charge in [0.2, 0.25) is 15.5 Å². The molecule has 1 amide bonds. The van der Waals surface area contributed by atoms with Gasteiger partial charge in [0, 0.05) is 30.5 Å². The van der Waals surface area contributed by atoms with Gasteiger partial charge in [-0.25, -0.2) is 13.1 Å². The van der Waals surface area contributed by atoms with Gasteiger partial charge in [-0.05, 0) is 68.1 Å². The molecule has 0 unspecified atom stereocenters. The molecule has 1 aliphatic heterocycles. The van der Waals surface area contributed by atoms with E-state index >= 15 is 0 Å². The number of aryl methyl sites for hydroxylation is 1. The maximum atomic E-state index is 13.1. The van der Waals surface area contributed by atoms with Crippen molar-refractivity contribution < 1.29 is 13.2 Å². The third-order valence-corrected chi connectivity index (χ3v) is 8.02. The van der Waals surface area contributed by atoms with Crippen LogP contribution in [0.2, 0.25) is 0 Å². The molecule has 0 saturated carbocycles. The molecule has 34 heavy (non-hydrogen) atoms. The summed E-state index contributed by atoms with van der Waals surface area (Å²) in [4.78, 5) is 25.3. The second-order valence-electron chi connectivity index (χ2n) is 8.46. The highest BCUT2D eigenvalue weighted by Crippen LogP contribution is 2.27. The minimum absolute atomic E-state index is 0.0119. The molecule has 0 bridgehead atoms. The number of anilines is 1. The van der Waals surface area contributed by atoms with Crippen LogP contribution in [0.25, 0.3) is 5.69 Å². The lowest BCUT2D eigenvalue weighted by molar-refractivity contribution is 0.101. The molecule has 8 nitrogen and oxygen atoms in total. The number of nitrogens with one attached hydrogen (secondary N) is 1. The van der Waals surface area contributed by atoms with Gasteiger partial charge in [-0.2, -0.15) is 9.40 Å². The summed E-state index contributed by atoms with van der Waals surface area (Å²) in [6.07, 6.45) is 5.05. The highest BCUT2D eigenvalue weighted by Gasteiger charge is 2.32. The van der Waals surface area contributed by atoms with Crippen molar-refractivity contribution in [3.63, 3.8) is 0 Å². The maximum absolute atomic E-state index is 13.1. The predicted octanol–water partition coefficient (Wildman–Crippen LogP) is 3.75. The van der Waals surface area contributed by atoms with Crippen LogP contribution in [0.15, 0.2) is 70.5 Å². The average molecular weight is 481 g/mol. The smallest absolute Gasteiger partial charge is 0.280 e. The molecule has 0 radical (unpaired) electrons. The van der Waals surface area contributed by atoms with Crippen molar-refractivity contribution in [3.8, 4) is 5.69 Å². The highest BCUT2D eigenvalue weighted by molar-refractivity contribution is 7.89. The summed E-state index contributed by atoms with van der Waals surface area (Å²) >= 11 is 0. The molecular formula is C25H28N4O4S. The molecule has 4 rings (SSSR count). The summed E-state index contributed by atoms with van der Waals surface area (Å²) in [5.41, 5.74) is 1.37. The van der Waals surface area contributed by atoms with Crippen LogP contribution in [0.4, 0.5) is 5.69 Å². The minimum atomic E-state index is -3.61. The second-order valence-corrected chi connectivity index (χ2v) is 10.4. The summed E-state index contributed by atoms with van der Waals surface area (Å²) in [5, 5.41) is 6.85. The van der Waals surface area contributed by atoms with Crippen molar-refractivity contribution in [3.05, 3.63) is 82.3 Å². The lowest BCUT2D eigenvalue weighted by Crippen LogP contribution is -2.43. The van der Waals surface area contributed by atoms with E-state index in [-0.39, 0.29) is 16.6 Å². The number of hydrogen-bond acceptors (Lipinski definition) is 5. The van der Waals surface area contributed by atoms with Crippen LogP contribution < -0.4 is 10.7 Å². The van der Waals surface area contributed by atoms with Crippen LogP contribution in [0, 0.1) is 6.92 Å². The molecule has 0 aliphatic carbocycles. The van der Waals surface area contributed by atoms with Crippen molar-refractivity contribution in [1.82, 2.24) is 14.1 Å². The zero-order valence-corrected chi connectivity index (χ0v) is 20.1. The first-order valence-electron chi connectivity index (χ1n) is 11.4. The van der Waals surface area contributed by atoms with E-state index in [4.69, 9.17) is 0 Å². The predicted molar refractivity (Wildman–Crippen MR) is 131 cm³/mol. The number of amides is 1. The molecule has 1 saturated heterocycles. The van der Waals surface area contributed by atoms with Gasteiger partial charge in [-0.3, -0.25) is 9.59 Å². The maximum Gasteiger partial charge on any atom is 0.280 e. The molecule has 1 N–H and O–H groups in total. The summed E-state index contributed by atoms with van der Waals surface area (Å²) in [6.45, 7) is 4.46. The normalized spacial score (nSPS) is 16.8. The number of rotatable bonds is 6. The Morgan fingerprint density at radius 1 is 1.12 bits per heavy atom. The Hall–Kier alpha value is -3.30. The van der Waals surface area contributed by atoms with Crippen molar-refractivity contribution >= 4 is 21.6 Å². The molecule has 1 aromatic heterocycles. The van der Waals surface area contributed by atoms with Gasteiger partial charge in [0.25, 0.3) is 5.91 Å². The molecule has 2 aromatic carbocycles. The first kappa shape index (κ1) is 23.8. The fourth-order valence-corrected chi connectivity index (χ4v) is 5.98. The molecule has 178 valence electrons. The van der Waals surface area contributed by atoms with Crippen molar-refractivity contribution in [2.24, 2.45) is 0 Å². The van der Waals surface area contributed by atoms with E-state index in [9.17, 15) is 18.0 Å². The Balaban J connectivity index is 1.53. The summed E-state index contributed by atoms with van der Waals surface area (Å²) < 4.78 is 29.3. The van der Waals surface area contributed by atoms with E-state index in [1.807, 2.05) is 38.1 Å². The van der Waals surface area contributed by atoms with Gasteiger partial charge >= 0.3 is 0 Å². The fraction of sp³-hybridized carbons (Fsp3) is 0.320. The van der Waals surface area contributed by atoms with E-state index in [1.165, 1.54) is 41.2 Å². The molecule has 1 fully saturated rings. The summed E-state index contributed by atoms with van der Waals surface area (Å²) in [6, 6.07) is 14.9. The first-order chi connectivity index (χ1) is 16.3. The number of aromatic nitrogens is 2. The SMILES string of the molecule is CC[C@@H]1CCCCN1S(=O)(=O)c1ccc(NC(=O)c2nn(-c3cccc(C)c3)ccc2=O)cc1. The van der Waals surface area contributed by atoms with E-state index in [2.05, 4.69) is 10.4 Å². The number of carbonyl (C=O) groups excluding carboxylic acids is 1. The Labute approximate surface area is 199 Å². The Kier molecular flexibility index (Phi) is 6.95. The largest absolute Gasteiger partial charge is 0.320 e. The van der Waals surface area contributed by atoms with E-state index < -0.39 is 21.4 Å². The van der Waals surface area contributed by atoms with Gasteiger partial charge < -0.3 is 5.32 Å². The van der Waals surface area contributed by atoms with Crippen LogP contribution in [-0.4, -0.2) is 41.0 Å². The van der Waals surface area contributed by atoms with Gasteiger partial charge in [0.15, 0.2) is 5.69 Å². The minimum Gasteiger partial charge on any atom is -0.320 e. The number of nitrogens with zero attached hydrogens (tertiary/aromatic N) is 3. The number of benzene rings is 2. The van der Waals surface area contributed by atoms with Crippen LogP contribution in [0.1, 0.15) is 48.7 Å². The molecule has 1 aliphatic rings. The van der Waals surface area contributed by atoms with Crippen LogP contribution in [-0.2, 0) is 10.0 Å². The third-order valence-electron chi connectivity index (χ3n) is 6.05. The van der Waals surface area contributed by atoms with Crippen LogP contribution in [0.5, 0.6) is 0 Å². The highest BCUT2D eigenvalue weighted by atomic mass is 32.2. The van der Waals surface area contributed by atoms with Gasteiger partial charge in [-0.15, -0.1) is 0 Å². The lowest BCUT2D eigenvalue weighted by Gasteiger charge is -2.34. The summed E-state index contributed by atoms with van der Waals surface area (Å²) in [5.74, 6) is -0.662. The number of carbonyl (C=O) groups is 1. The van der Waals surface area contributed by atoms with Crippen molar-refractivity contribution in [2.45, 2.75) is 50.5 Å². The van der Waals surface area contributed by atoms with Crippen LogP contribution in [0.3, 0.4) is 0 Å². The van der Waals surface area contributed by atoms with E-state index in [1.54, 1.807) is 4.31 Å². The monoisotopic (exact) mass is 480 g/mol. The zero-order chi connectivity index (χ0) is 24.3. The molecule has 0 spiro atoms. The number of hydrogen-bond donors (Lipinski definition) is 1. The lowest BCUT2D eigenvalue weighted by atomic mass is 10.0. The molecule has 9 heteroatoms. The Morgan fingerprint density at radius 2 is 1.88 bits per heavy atom. The molecule has 3 aromatic rings. The third kappa shape index (κ3) is 4.95. The topological polar surface area (TPSA) is 101 Å². The van der Waals surface area contributed by atoms with Crippen LogP contribution >= 0.6 is 0 Å². The molecule has 1 atom stereocenters. The second kappa shape index (κ2) is 9.90. The number of piperidine rings is 1. The Morgan fingerprint density at radius 3 is 2.59 bits per heavy atom. The van der Waals surface area contributed by atoms with Crippen molar-refractivity contribution in [1.29, 1.82) is 0 Å². The standard InChI is InChI=1S/C25H28N4O4S/c1-3-20-8-4-5-15-29(20)34(32,33)22-12-10-19(11-13-22)26-25(31)24-23(30)14-16-28(27-24)21-9-6-7-18(2)17-21/h6-7,9-14,16-17,20H,3-5,8,15H2,1-2H3,(H,26,31)/t20-/m1/s1. The van der Waals surface area contributed by atoms with Gasteiger partial charge in [0.1, 0.15) is 0 Å². The Bertz CT molecular complexity index is 1350. The molecule has 2 heterocycles.